The maximum atomic E-state index is 13.0. The molecular weight excluding hydrogens is 510 g/mol. The number of nitrogens with zero attached hydrogens (tertiary/aromatic N) is 3. The molecule has 1 aliphatic heterocycles. The zero-order chi connectivity index (χ0) is 27.4. The Balaban J connectivity index is 0.000000962. The molecule has 0 radical (unpaired) electrons. The second-order valence-corrected chi connectivity index (χ2v) is 10.7. The monoisotopic (exact) mass is 544 g/mol. The second kappa shape index (κ2) is 11.8. The summed E-state index contributed by atoms with van der Waals surface area (Å²) in [5.74, 6) is -3.01. The highest BCUT2D eigenvalue weighted by atomic mass is 19.3. The highest BCUT2D eigenvalue weighted by Crippen LogP contribution is 2.43. The first-order valence-electron chi connectivity index (χ1n) is 13.6. The molecule has 3 heterocycles. The number of aromatic nitrogens is 4. The lowest BCUT2D eigenvalue weighted by molar-refractivity contribution is -0.133. The number of ether oxygens (including phenoxy) is 1. The molecular formula is C27H34F2N6O4. The van der Waals surface area contributed by atoms with Crippen molar-refractivity contribution in [3.63, 3.8) is 0 Å². The SMILES string of the molecule is C1CC1.Cc1nonc1C(=O)N[C@H](c1nc2ccc(CNC(=O)CC3CC(F)(F)C3)cc2[nH]1)C1CCCCO1. The van der Waals surface area contributed by atoms with Gasteiger partial charge in [-0.2, -0.15) is 0 Å². The van der Waals surface area contributed by atoms with Crippen LogP contribution in [0.5, 0.6) is 0 Å². The van der Waals surface area contributed by atoms with Crippen LogP contribution in [0, 0.1) is 12.8 Å². The fourth-order valence-electron chi connectivity index (χ4n) is 4.81. The lowest BCUT2D eigenvalue weighted by Crippen LogP contribution is -2.40. The molecule has 3 aromatic rings. The number of fused-ring (bicyclic) bond motifs is 1. The number of imidazole rings is 1. The molecule has 0 spiro atoms. The number of aryl methyl sites for hydroxylation is 1. The Morgan fingerprint density at radius 1 is 1.15 bits per heavy atom. The van der Waals surface area contributed by atoms with Crippen LogP contribution in [-0.4, -0.2) is 50.7 Å². The highest BCUT2D eigenvalue weighted by molar-refractivity contribution is 5.93. The van der Waals surface area contributed by atoms with E-state index in [1.54, 1.807) is 6.92 Å². The van der Waals surface area contributed by atoms with Crippen molar-refractivity contribution in [2.45, 2.75) is 89.3 Å². The summed E-state index contributed by atoms with van der Waals surface area (Å²) in [5.41, 5.74) is 2.77. The molecule has 2 amide bonds. The van der Waals surface area contributed by atoms with Crippen molar-refractivity contribution in [3.8, 4) is 0 Å². The topological polar surface area (TPSA) is 135 Å². The summed E-state index contributed by atoms with van der Waals surface area (Å²) in [6, 6.07) is 5.01. The van der Waals surface area contributed by atoms with Crippen molar-refractivity contribution < 1.29 is 27.7 Å². The number of H-pyrrole nitrogens is 1. The van der Waals surface area contributed by atoms with Gasteiger partial charge in [0.05, 0.1) is 17.1 Å². The van der Waals surface area contributed by atoms with Gasteiger partial charge in [0.15, 0.2) is 5.69 Å². The first kappa shape index (κ1) is 27.2. The predicted molar refractivity (Wildman–Crippen MR) is 137 cm³/mol. The van der Waals surface area contributed by atoms with E-state index in [4.69, 9.17) is 4.74 Å². The quantitative estimate of drug-likeness (QED) is 0.380. The number of hydrogen-bond acceptors (Lipinski definition) is 7. The number of hydrogen-bond donors (Lipinski definition) is 3. The van der Waals surface area contributed by atoms with Crippen molar-refractivity contribution in [1.82, 2.24) is 30.9 Å². The molecule has 2 aromatic heterocycles. The zero-order valence-electron chi connectivity index (χ0n) is 22.0. The molecule has 1 aromatic carbocycles. The van der Waals surface area contributed by atoms with Crippen LogP contribution in [-0.2, 0) is 16.1 Å². The Labute approximate surface area is 224 Å². The fourth-order valence-corrected chi connectivity index (χ4v) is 4.81. The molecule has 210 valence electrons. The predicted octanol–water partition coefficient (Wildman–Crippen LogP) is 4.52. The first-order valence-corrected chi connectivity index (χ1v) is 13.6. The van der Waals surface area contributed by atoms with Gasteiger partial charge in [0.2, 0.25) is 11.8 Å². The van der Waals surface area contributed by atoms with Gasteiger partial charge in [-0.15, -0.1) is 0 Å². The molecule has 1 unspecified atom stereocenters. The van der Waals surface area contributed by atoms with E-state index in [9.17, 15) is 18.4 Å². The molecule has 2 aliphatic carbocycles. The largest absolute Gasteiger partial charge is 0.376 e. The number of halogens is 2. The van der Waals surface area contributed by atoms with Crippen LogP contribution in [0.3, 0.4) is 0 Å². The van der Waals surface area contributed by atoms with Gasteiger partial charge in [-0.05, 0) is 55.0 Å². The number of carbonyl (C=O) groups excluding carboxylic acids is 2. The van der Waals surface area contributed by atoms with E-state index in [-0.39, 0.29) is 49.4 Å². The maximum Gasteiger partial charge on any atom is 0.276 e. The Morgan fingerprint density at radius 3 is 2.59 bits per heavy atom. The molecule has 39 heavy (non-hydrogen) atoms. The van der Waals surface area contributed by atoms with E-state index < -0.39 is 17.9 Å². The first-order chi connectivity index (χ1) is 18.8. The minimum Gasteiger partial charge on any atom is -0.376 e. The highest BCUT2D eigenvalue weighted by Gasteiger charge is 2.45. The number of nitrogens with one attached hydrogen (secondary N) is 3. The van der Waals surface area contributed by atoms with Crippen LogP contribution in [0.4, 0.5) is 8.78 Å². The second-order valence-electron chi connectivity index (χ2n) is 10.7. The van der Waals surface area contributed by atoms with Gasteiger partial charge < -0.3 is 20.4 Å². The Bertz CT molecular complexity index is 1290. The summed E-state index contributed by atoms with van der Waals surface area (Å²) in [6.45, 7) is 2.52. The molecule has 12 heteroatoms. The summed E-state index contributed by atoms with van der Waals surface area (Å²) in [6.07, 6.45) is 6.60. The van der Waals surface area contributed by atoms with Crippen molar-refractivity contribution in [3.05, 3.63) is 41.0 Å². The summed E-state index contributed by atoms with van der Waals surface area (Å²) >= 11 is 0. The van der Waals surface area contributed by atoms with Crippen molar-refractivity contribution >= 4 is 22.8 Å². The van der Waals surface area contributed by atoms with Crippen LogP contribution >= 0.6 is 0 Å². The number of aromatic amines is 1. The van der Waals surface area contributed by atoms with E-state index in [0.717, 1.165) is 30.3 Å². The third-order valence-corrected chi connectivity index (χ3v) is 7.09. The third-order valence-electron chi connectivity index (χ3n) is 7.09. The number of rotatable bonds is 8. The molecule has 0 bridgehead atoms. The molecule has 3 fully saturated rings. The van der Waals surface area contributed by atoms with Crippen LogP contribution < -0.4 is 10.6 Å². The van der Waals surface area contributed by atoms with E-state index >= 15 is 0 Å². The Kier molecular flexibility index (Phi) is 8.20. The lowest BCUT2D eigenvalue weighted by atomic mass is 9.79. The van der Waals surface area contributed by atoms with Crippen LogP contribution in [0.25, 0.3) is 11.0 Å². The normalized spacial score (nSPS) is 20.8. The maximum absolute atomic E-state index is 13.0. The van der Waals surface area contributed by atoms with Crippen LogP contribution in [0.1, 0.15) is 91.4 Å². The van der Waals surface area contributed by atoms with Crippen LogP contribution in [0.15, 0.2) is 22.8 Å². The van der Waals surface area contributed by atoms with Gasteiger partial charge in [0.25, 0.3) is 5.91 Å². The van der Waals surface area contributed by atoms with Gasteiger partial charge in [0, 0.05) is 32.4 Å². The van der Waals surface area contributed by atoms with Crippen molar-refractivity contribution in [2.24, 2.45) is 5.92 Å². The molecule has 2 saturated carbocycles. The Hall–Kier alpha value is -3.41. The smallest absolute Gasteiger partial charge is 0.276 e. The van der Waals surface area contributed by atoms with E-state index in [1.807, 2.05) is 18.2 Å². The van der Waals surface area contributed by atoms with E-state index in [0.29, 0.717) is 23.6 Å². The molecule has 10 nitrogen and oxygen atoms in total. The van der Waals surface area contributed by atoms with Gasteiger partial charge in [-0.3, -0.25) is 9.59 Å². The number of amides is 2. The van der Waals surface area contributed by atoms with Gasteiger partial charge in [-0.25, -0.2) is 18.4 Å². The average Bonchev–Trinajstić information content (AvgIpc) is 3.63. The molecule has 3 aliphatic rings. The zero-order valence-corrected chi connectivity index (χ0v) is 22.0. The van der Waals surface area contributed by atoms with Crippen molar-refractivity contribution in [2.75, 3.05) is 6.61 Å². The standard InChI is InChI=1S/C24H28F2N6O4.C3H6/c1-13-20(32-36-31-13)23(34)30-21(18-4-2-3-7-35-18)22-28-16-6-5-14(8-17(16)29-22)12-27-19(33)9-15-10-24(25,26)11-15;1-2-3-1/h5-6,8,15,18,21H,2-4,7,9-12H2,1H3,(H,27,33)(H,28,29)(H,30,34);1-3H2/t18?,21-;/m0./s1. The third kappa shape index (κ3) is 7.17. The van der Waals surface area contributed by atoms with Crippen LogP contribution in [0.2, 0.25) is 0 Å². The van der Waals surface area contributed by atoms with E-state index in [1.165, 1.54) is 19.3 Å². The molecule has 1 saturated heterocycles. The van der Waals surface area contributed by atoms with E-state index in [2.05, 4.69) is 35.5 Å². The van der Waals surface area contributed by atoms with Gasteiger partial charge in [0.1, 0.15) is 17.6 Å². The lowest BCUT2D eigenvalue weighted by Gasteiger charge is -2.34. The molecule has 2 atom stereocenters. The number of benzene rings is 1. The van der Waals surface area contributed by atoms with Crippen molar-refractivity contribution in [1.29, 1.82) is 0 Å². The summed E-state index contributed by atoms with van der Waals surface area (Å²) < 4.78 is 36.6. The summed E-state index contributed by atoms with van der Waals surface area (Å²) in [4.78, 5) is 33.0. The number of alkyl halides is 2. The molecule has 6 rings (SSSR count). The minimum absolute atomic E-state index is 0.106. The Morgan fingerprint density at radius 2 is 1.95 bits per heavy atom. The van der Waals surface area contributed by atoms with Gasteiger partial charge in [-0.1, -0.05) is 30.5 Å². The minimum atomic E-state index is -2.63. The number of carbonyl (C=O) groups is 2. The fraction of sp³-hybridized carbons (Fsp3) is 0.593. The van der Waals surface area contributed by atoms with Gasteiger partial charge >= 0.3 is 0 Å². The summed E-state index contributed by atoms with van der Waals surface area (Å²) in [7, 11) is 0. The average molecular weight is 545 g/mol. The molecule has 3 N–H and O–H groups in total. The summed E-state index contributed by atoms with van der Waals surface area (Å²) in [5, 5.41) is 13.1.